The Morgan fingerprint density at radius 1 is 1.27 bits per heavy atom. The molecule has 82 valence electrons. The number of likely N-dealkylation sites (N-methyl/N-ethyl adjacent to an activating group) is 1. The van der Waals surface area contributed by atoms with Gasteiger partial charge >= 0.3 is 0 Å². The van der Waals surface area contributed by atoms with Crippen molar-refractivity contribution in [2.45, 2.75) is 12.5 Å². The zero-order valence-electron chi connectivity index (χ0n) is 9.04. The van der Waals surface area contributed by atoms with Crippen molar-refractivity contribution in [3.05, 3.63) is 34.9 Å². The molecule has 1 fully saturated rings. The molecule has 0 saturated carbocycles. The Bertz CT molecular complexity index is 310. The first kappa shape index (κ1) is 10.9. The lowest BCUT2D eigenvalue weighted by molar-refractivity contribution is 0.258. The van der Waals surface area contributed by atoms with Gasteiger partial charge in [0.05, 0.1) is 0 Å². The van der Waals surface area contributed by atoms with Gasteiger partial charge in [-0.05, 0) is 37.7 Å². The zero-order valence-corrected chi connectivity index (χ0v) is 9.80. The van der Waals surface area contributed by atoms with Gasteiger partial charge in [0.1, 0.15) is 0 Å². The number of hydrogen-bond donors (Lipinski definition) is 1. The van der Waals surface area contributed by atoms with Crippen molar-refractivity contribution in [1.29, 1.82) is 0 Å². The molecule has 0 aliphatic carbocycles. The largest absolute Gasteiger partial charge is 0.315 e. The number of nitrogens with one attached hydrogen (secondary N) is 1. The van der Waals surface area contributed by atoms with Crippen LogP contribution in [0.4, 0.5) is 0 Å². The molecule has 15 heavy (non-hydrogen) atoms. The second-order valence-electron chi connectivity index (χ2n) is 4.09. The van der Waals surface area contributed by atoms with E-state index in [1.807, 2.05) is 12.1 Å². The molecular weight excluding hydrogens is 208 g/mol. The molecule has 0 spiro atoms. The molecular formula is C12H17ClN2. The molecule has 2 rings (SSSR count). The number of rotatable bonds is 1. The standard InChI is InChI=1S/C12H17ClN2/c1-15-9-8-14-7-6-12(15)10-2-4-11(13)5-3-10/h2-5,12,14H,6-9H2,1H3. The van der Waals surface area contributed by atoms with E-state index in [9.17, 15) is 0 Å². The molecule has 1 aliphatic heterocycles. The molecule has 2 nitrogen and oxygen atoms in total. The molecule has 3 heteroatoms. The van der Waals surface area contributed by atoms with Crippen LogP contribution in [-0.4, -0.2) is 31.6 Å². The van der Waals surface area contributed by atoms with Gasteiger partial charge in [0.25, 0.3) is 0 Å². The lowest BCUT2D eigenvalue weighted by atomic mass is 10.0. The van der Waals surface area contributed by atoms with E-state index in [-0.39, 0.29) is 0 Å². The molecule has 0 amide bonds. The van der Waals surface area contributed by atoms with Gasteiger partial charge < -0.3 is 5.32 Å². The molecule has 1 saturated heterocycles. The summed E-state index contributed by atoms with van der Waals surface area (Å²) in [4.78, 5) is 2.41. The normalized spacial score (nSPS) is 23.7. The highest BCUT2D eigenvalue weighted by molar-refractivity contribution is 6.30. The van der Waals surface area contributed by atoms with E-state index >= 15 is 0 Å². The van der Waals surface area contributed by atoms with Crippen LogP contribution >= 0.6 is 11.6 Å². The summed E-state index contributed by atoms with van der Waals surface area (Å²) in [7, 11) is 2.19. The fourth-order valence-corrected chi connectivity index (χ4v) is 2.23. The van der Waals surface area contributed by atoms with E-state index in [1.54, 1.807) is 0 Å². The van der Waals surface area contributed by atoms with Gasteiger partial charge in [-0.15, -0.1) is 0 Å². The molecule has 1 aromatic carbocycles. The van der Waals surface area contributed by atoms with Crippen LogP contribution < -0.4 is 5.32 Å². The summed E-state index contributed by atoms with van der Waals surface area (Å²) in [5, 5.41) is 4.23. The maximum atomic E-state index is 5.89. The van der Waals surface area contributed by atoms with E-state index in [0.29, 0.717) is 6.04 Å². The predicted molar refractivity (Wildman–Crippen MR) is 64.3 cm³/mol. The average molecular weight is 225 g/mol. The first-order valence-electron chi connectivity index (χ1n) is 5.44. The van der Waals surface area contributed by atoms with E-state index in [1.165, 1.54) is 5.56 Å². The summed E-state index contributed by atoms with van der Waals surface area (Å²) >= 11 is 5.89. The first-order chi connectivity index (χ1) is 7.27. The Kier molecular flexibility index (Phi) is 3.62. The number of benzene rings is 1. The SMILES string of the molecule is CN1CCNCCC1c1ccc(Cl)cc1. The fraction of sp³-hybridized carbons (Fsp3) is 0.500. The van der Waals surface area contributed by atoms with Gasteiger partial charge in [0, 0.05) is 24.2 Å². The fourth-order valence-electron chi connectivity index (χ4n) is 2.10. The molecule has 1 unspecified atom stereocenters. The van der Waals surface area contributed by atoms with E-state index in [4.69, 9.17) is 11.6 Å². The topological polar surface area (TPSA) is 15.3 Å². The summed E-state index contributed by atoms with van der Waals surface area (Å²) in [6.07, 6.45) is 1.16. The van der Waals surface area contributed by atoms with E-state index in [0.717, 1.165) is 31.1 Å². The maximum Gasteiger partial charge on any atom is 0.0406 e. The Morgan fingerprint density at radius 2 is 2.00 bits per heavy atom. The van der Waals surface area contributed by atoms with Crippen molar-refractivity contribution in [3.8, 4) is 0 Å². The summed E-state index contributed by atoms with van der Waals surface area (Å²) < 4.78 is 0. The maximum absolute atomic E-state index is 5.89. The van der Waals surface area contributed by atoms with Gasteiger partial charge in [-0.1, -0.05) is 23.7 Å². The monoisotopic (exact) mass is 224 g/mol. The third-order valence-corrected chi connectivity index (χ3v) is 3.27. The predicted octanol–water partition coefficient (Wildman–Crippen LogP) is 2.31. The van der Waals surface area contributed by atoms with Crippen LogP contribution in [0, 0.1) is 0 Å². The zero-order chi connectivity index (χ0) is 10.7. The van der Waals surface area contributed by atoms with Crippen molar-refractivity contribution < 1.29 is 0 Å². The molecule has 1 aromatic rings. The molecule has 0 aromatic heterocycles. The van der Waals surface area contributed by atoms with Crippen LogP contribution in [0.25, 0.3) is 0 Å². The Hall–Kier alpha value is -0.570. The average Bonchev–Trinajstić information content (AvgIpc) is 2.44. The van der Waals surface area contributed by atoms with Crippen molar-refractivity contribution in [3.63, 3.8) is 0 Å². The quantitative estimate of drug-likeness (QED) is 0.788. The summed E-state index contributed by atoms with van der Waals surface area (Å²) in [6.45, 7) is 3.28. The Balaban J connectivity index is 2.16. The Morgan fingerprint density at radius 3 is 2.73 bits per heavy atom. The van der Waals surface area contributed by atoms with Crippen LogP contribution in [0.3, 0.4) is 0 Å². The van der Waals surface area contributed by atoms with Crippen molar-refractivity contribution in [1.82, 2.24) is 10.2 Å². The van der Waals surface area contributed by atoms with Crippen molar-refractivity contribution in [2.75, 3.05) is 26.7 Å². The van der Waals surface area contributed by atoms with Crippen LogP contribution in [-0.2, 0) is 0 Å². The minimum Gasteiger partial charge on any atom is -0.315 e. The highest BCUT2D eigenvalue weighted by atomic mass is 35.5. The summed E-state index contributed by atoms with van der Waals surface area (Å²) in [5.41, 5.74) is 1.37. The summed E-state index contributed by atoms with van der Waals surface area (Å²) in [5.74, 6) is 0. The second-order valence-corrected chi connectivity index (χ2v) is 4.52. The van der Waals surface area contributed by atoms with Crippen molar-refractivity contribution >= 4 is 11.6 Å². The van der Waals surface area contributed by atoms with Gasteiger partial charge in [0.15, 0.2) is 0 Å². The number of halogens is 1. The number of nitrogens with zero attached hydrogens (tertiary/aromatic N) is 1. The molecule has 0 radical (unpaired) electrons. The molecule has 1 heterocycles. The van der Waals surface area contributed by atoms with Crippen LogP contribution in [0.2, 0.25) is 5.02 Å². The first-order valence-corrected chi connectivity index (χ1v) is 5.81. The number of hydrogen-bond acceptors (Lipinski definition) is 2. The van der Waals surface area contributed by atoms with Crippen LogP contribution in [0.1, 0.15) is 18.0 Å². The van der Waals surface area contributed by atoms with E-state index < -0.39 is 0 Å². The minimum atomic E-state index is 0.525. The van der Waals surface area contributed by atoms with Gasteiger partial charge in [-0.2, -0.15) is 0 Å². The Labute approximate surface area is 96.2 Å². The smallest absolute Gasteiger partial charge is 0.0406 e. The summed E-state index contributed by atoms with van der Waals surface area (Å²) in [6, 6.07) is 8.74. The van der Waals surface area contributed by atoms with Gasteiger partial charge in [-0.25, -0.2) is 0 Å². The highest BCUT2D eigenvalue weighted by Gasteiger charge is 2.18. The third kappa shape index (κ3) is 2.71. The molecule has 1 atom stereocenters. The second kappa shape index (κ2) is 4.97. The highest BCUT2D eigenvalue weighted by Crippen LogP contribution is 2.24. The molecule has 1 aliphatic rings. The third-order valence-electron chi connectivity index (χ3n) is 3.02. The lowest BCUT2D eigenvalue weighted by Gasteiger charge is -2.25. The van der Waals surface area contributed by atoms with Crippen molar-refractivity contribution in [2.24, 2.45) is 0 Å². The molecule has 0 bridgehead atoms. The molecule has 1 N–H and O–H groups in total. The van der Waals surface area contributed by atoms with Gasteiger partial charge in [0.2, 0.25) is 0 Å². The van der Waals surface area contributed by atoms with Crippen LogP contribution in [0.5, 0.6) is 0 Å². The van der Waals surface area contributed by atoms with Crippen LogP contribution in [0.15, 0.2) is 24.3 Å². The lowest BCUT2D eigenvalue weighted by Crippen LogP contribution is -2.26. The minimum absolute atomic E-state index is 0.525. The van der Waals surface area contributed by atoms with E-state index in [2.05, 4.69) is 29.4 Å². The van der Waals surface area contributed by atoms with Gasteiger partial charge in [-0.3, -0.25) is 4.90 Å².